The minimum Gasteiger partial charge on any atom is -0.314 e. The zero-order chi connectivity index (χ0) is 14.4. The van der Waals surface area contributed by atoms with Crippen molar-refractivity contribution in [2.24, 2.45) is 0 Å². The smallest absolute Gasteiger partial charge is 0.0439 e. The lowest BCUT2D eigenvalue weighted by Gasteiger charge is -2.22. The Kier molecular flexibility index (Phi) is 6.41. The van der Waals surface area contributed by atoms with E-state index in [0.717, 1.165) is 35.0 Å². The number of hydrogen-bond acceptors (Lipinski definition) is 1. The maximum atomic E-state index is 6.28. The number of likely N-dealkylation sites (N-methyl/N-ethyl adjacent to an activating group) is 1. The zero-order valence-electron chi connectivity index (χ0n) is 12.1. The summed E-state index contributed by atoms with van der Waals surface area (Å²) < 4.78 is 0. The molecule has 0 heterocycles. The molecule has 0 aromatic heterocycles. The third-order valence-electron chi connectivity index (χ3n) is 3.86. The molecule has 0 spiro atoms. The fourth-order valence-electron chi connectivity index (χ4n) is 2.88. The number of rotatable bonds is 6. The number of allylic oxidation sites excluding steroid dienone is 1. The molecule has 1 N–H and O–H groups in total. The highest BCUT2D eigenvalue weighted by atomic mass is 35.5. The van der Waals surface area contributed by atoms with Crippen LogP contribution in [0.2, 0.25) is 10.0 Å². The summed E-state index contributed by atoms with van der Waals surface area (Å²) in [4.78, 5) is 0. The van der Waals surface area contributed by atoms with E-state index in [0.29, 0.717) is 6.04 Å². The summed E-state index contributed by atoms with van der Waals surface area (Å²) in [6.45, 7) is 3.14. The first-order valence-electron chi connectivity index (χ1n) is 7.54. The standard InChI is InChI=1S/C17H23Cl2N/c1-2-20-16(10-13-6-4-3-5-7-13)12-14-11-15(18)8-9-17(14)19/h6,8-9,11,16,20H,2-5,7,10,12H2,1H3. The van der Waals surface area contributed by atoms with Gasteiger partial charge in [-0.2, -0.15) is 0 Å². The molecular weight excluding hydrogens is 289 g/mol. The van der Waals surface area contributed by atoms with E-state index in [4.69, 9.17) is 23.2 Å². The van der Waals surface area contributed by atoms with E-state index in [1.54, 1.807) is 5.57 Å². The number of benzene rings is 1. The minimum absolute atomic E-state index is 0.445. The minimum atomic E-state index is 0.445. The molecule has 0 saturated heterocycles. The molecule has 1 aromatic rings. The summed E-state index contributed by atoms with van der Waals surface area (Å²) in [6.07, 6.45) is 9.66. The van der Waals surface area contributed by atoms with Crippen LogP contribution in [-0.2, 0) is 6.42 Å². The summed E-state index contributed by atoms with van der Waals surface area (Å²) in [6, 6.07) is 6.17. The second-order valence-corrected chi connectivity index (χ2v) is 6.35. The van der Waals surface area contributed by atoms with Crippen molar-refractivity contribution in [3.8, 4) is 0 Å². The SMILES string of the molecule is CCNC(CC1=CCCCC1)Cc1cc(Cl)ccc1Cl. The van der Waals surface area contributed by atoms with Gasteiger partial charge in [0.15, 0.2) is 0 Å². The maximum Gasteiger partial charge on any atom is 0.0439 e. The van der Waals surface area contributed by atoms with Crippen molar-refractivity contribution >= 4 is 23.2 Å². The summed E-state index contributed by atoms with van der Waals surface area (Å²) in [7, 11) is 0. The molecule has 0 amide bonds. The molecule has 0 bridgehead atoms. The lowest BCUT2D eigenvalue weighted by Crippen LogP contribution is -2.31. The number of hydrogen-bond donors (Lipinski definition) is 1. The second kappa shape index (κ2) is 8.07. The monoisotopic (exact) mass is 311 g/mol. The Labute approximate surface area is 132 Å². The first-order valence-corrected chi connectivity index (χ1v) is 8.30. The van der Waals surface area contributed by atoms with E-state index in [1.165, 1.54) is 25.7 Å². The Hall–Kier alpha value is -0.500. The second-order valence-electron chi connectivity index (χ2n) is 5.51. The van der Waals surface area contributed by atoms with Crippen molar-refractivity contribution in [1.82, 2.24) is 5.32 Å². The van der Waals surface area contributed by atoms with Crippen LogP contribution < -0.4 is 5.32 Å². The van der Waals surface area contributed by atoms with E-state index in [2.05, 4.69) is 18.3 Å². The zero-order valence-corrected chi connectivity index (χ0v) is 13.6. The van der Waals surface area contributed by atoms with Gasteiger partial charge in [-0.05, 0) is 68.8 Å². The van der Waals surface area contributed by atoms with Crippen molar-refractivity contribution in [2.45, 2.75) is 51.5 Å². The molecule has 0 saturated carbocycles. The Morgan fingerprint density at radius 2 is 2.05 bits per heavy atom. The van der Waals surface area contributed by atoms with Crippen LogP contribution in [0.3, 0.4) is 0 Å². The molecule has 1 aliphatic rings. The molecule has 3 heteroatoms. The molecule has 0 fully saturated rings. The van der Waals surface area contributed by atoms with Crippen LogP contribution in [0, 0.1) is 0 Å². The summed E-state index contributed by atoms with van der Waals surface area (Å²) >= 11 is 12.4. The largest absolute Gasteiger partial charge is 0.314 e. The predicted molar refractivity (Wildman–Crippen MR) is 88.8 cm³/mol. The fraction of sp³-hybridized carbons (Fsp3) is 0.529. The van der Waals surface area contributed by atoms with E-state index in [-0.39, 0.29) is 0 Å². The molecule has 1 aromatic carbocycles. The van der Waals surface area contributed by atoms with Crippen LogP contribution in [0.1, 0.15) is 44.6 Å². The third kappa shape index (κ3) is 4.80. The van der Waals surface area contributed by atoms with Gasteiger partial charge in [0, 0.05) is 16.1 Å². The Bertz CT molecular complexity index is 468. The van der Waals surface area contributed by atoms with Gasteiger partial charge < -0.3 is 5.32 Å². The molecule has 0 aliphatic heterocycles. The lowest BCUT2D eigenvalue weighted by atomic mass is 9.92. The third-order valence-corrected chi connectivity index (χ3v) is 4.46. The van der Waals surface area contributed by atoms with Gasteiger partial charge in [-0.15, -0.1) is 0 Å². The first kappa shape index (κ1) is 15.9. The number of nitrogens with one attached hydrogen (secondary N) is 1. The Morgan fingerprint density at radius 3 is 2.75 bits per heavy atom. The molecule has 110 valence electrons. The van der Waals surface area contributed by atoms with Gasteiger partial charge in [0.25, 0.3) is 0 Å². The molecular formula is C17H23Cl2N. The van der Waals surface area contributed by atoms with Gasteiger partial charge >= 0.3 is 0 Å². The molecule has 1 atom stereocenters. The Balaban J connectivity index is 2.04. The van der Waals surface area contributed by atoms with Crippen LogP contribution >= 0.6 is 23.2 Å². The molecule has 0 radical (unpaired) electrons. The normalized spacial score (nSPS) is 16.9. The van der Waals surface area contributed by atoms with Gasteiger partial charge in [0.1, 0.15) is 0 Å². The fourth-order valence-corrected chi connectivity index (χ4v) is 3.27. The van der Waals surface area contributed by atoms with Gasteiger partial charge in [-0.1, -0.05) is 41.8 Å². The van der Waals surface area contributed by atoms with E-state index in [9.17, 15) is 0 Å². The maximum absolute atomic E-state index is 6.28. The van der Waals surface area contributed by atoms with Gasteiger partial charge in [-0.3, -0.25) is 0 Å². The van der Waals surface area contributed by atoms with Crippen LogP contribution in [0.25, 0.3) is 0 Å². The highest BCUT2D eigenvalue weighted by Crippen LogP contribution is 2.26. The van der Waals surface area contributed by atoms with Gasteiger partial charge in [0.2, 0.25) is 0 Å². The topological polar surface area (TPSA) is 12.0 Å². The van der Waals surface area contributed by atoms with E-state index < -0.39 is 0 Å². The average molecular weight is 312 g/mol. The summed E-state index contributed by atoms with van der Waals surface area (Å²) in [5, 5.41) is 5.16. The predicted octanol–water partition coefficient (Wildman–Crippen LogP) is 5.40. The molecule has 1 aliphatic carbocycles. The quantitative estimate of drug-likeness (QED) is 0.693. The lowest BCUT2D eigenvalue weighted by molar-refractivity contribution is 0.504. The highest BCUT2D eigenvalue weighted by Gasteiger charge is 2.14. The van der Waals surface area contributed by atoms with Crippen LogP contribution in [-0.4, -0.2) is 12.6 Å². The van der Waals surface area contributed by atoms with Crippen molar-refractivity contribution in [3.05, 3.63) is 45.5 Å². The molecule has 1 nitrogen and oxygen atoms in total. The van der Waals surface area contributed by atoms with Crippen LogP contribution in [0.15, 0.2) is 29.8 Å². The average Bonchev–Trinajstić information content (AvgIpc) is 2.44. The van der Waals surface area contributed by atoms with Crippen LogP contribution in [0.4, 0.5) is 0 Å². The van der Waals surface area contributed by atoms with E-state index >= 15 is 0 Å². The van der Waals surface area contributed by atoms with Gasteiger partial charge in [-0.25, -0.2) is 0 Å². The van der Waals surface area contributed by atoms with Crippen LogP contribution in [0.5, 0.6) is 0 Å². The highest BCUT2D eigenvalue weighted by molar-refractivity contribution is 6.33. The van der Waals surface area contributed by atoms with Crippen molar-refractivity contribution < 1.29 is 0 Å². The first-order chi connectivity index (χ1) is 9.69. The molecule has 1 unspecified atom stereocenters. The molecule has 20 heavy (non-hydrogen) atoms. The molecule has 2 rings (SSSR count). The Morgan fingerprint density at radius 1 is 1.20 bits per heavy atom. The van der Waals surface area contributed by atoms with Crippen molar-refractivity contribution in [3.63, 3.8) is 0 Å². The van der Waals surface area contributed by atoms with E-state index in [1.807, 2.05) is 18.2 Å². The van der Waals surface area contributed by atoms with Gasteiger partial charge in [0.05, 0.1) is 0 Å². The van der Waals surface area contributed by atoms with Crippen molar-refractivity contribution in [1.29, 1.82) is 0 Å². The summed E-state index contributed by atoms with van der Waals surface area (Å²) in [5.41, 5.74) is 2.74. The number of halogens is 2. The van der Waals surface area contributed by atoms with Crippen molar-refractivity contribution in [2.75, 3.05) is 6.54 Å². The summed E-state index contributed by atoms with van der Waals surface area (Å²) in [5.74, 6) is 0.